The number of hydrogen-bond donors (Lipinski definition) is 1. The van der Waals surface area contributed by atoms with Crippen LogP contribution in [0.1, 0.15) is 33.5 Å². The summed E-state index contributed by atoms with van der Waals surface area (Å²) in [5.41, 5.74) is 8.27. The van der Waals surface area contributed by atoms with Gasteiger partial charge in [-0.25, -0.2) is 4.98 Å². The van der Waals surface area contributed by atoms with Crippen molar-refractivity contribution in [3.05, 3.63) is 81.8 Å². The van der Waals surface area contributed by atoms with Gasteiger partial charge < -0.3 is 15.4 Å². The second-order valence-corrected chi connectivity index (χ2v) is 7.56. The van der Waals surface area contributed by atoms with Crippen molar-refractivity contribution in [2.24, 2.45) is 5.73 Å². The Balaban J connectivity index is 0.00000300. The van der Waals surface area contributed by atoms with Crippen LogP contribution < -0.4 is 10.5 Å². The van der Waals surface area contributed by atoms with Crippen molar-refractivity contribution in [1.82, 2.24) is 9.88 Å². The summed E-state index contributed by atoms with van der Waals surface area (Å²) in [4.78, 5) is 19.5. The van der Waals surface area contributed by atoms with Crippen LogP contribution in [0.2, 0.25) is 0 Å². The number of benzene rings is 2. The molecule has 1 unspecified atom stereocenters. The quantitative estimate of drug-likeness (QED) is 0.577. The summed E-state index contributed by atoms with van der Waals surface area (Å²) in [5, 5.41) is 2.55. The van der Waals surface area contributed by atoms with Crippen LogP contribution in [0.15, 0.2) is 60.0 Å². The maximum atomic E-state index is 13.3. The first-order valence-corrected chi connectivity index (χ1v) is 10.1. The van der Waals surface area contributed by atoms with E-state index in [0.29, 0.717) is 25.2 Å². The summed E-state index contributed by atoms with van der Waals surface area (Å²) >= 11 is 1.42. The van der Waals surface area contributed by atoms with E-state index in [4.69, 9.17) is 10.5 Å². The monoisotopic (exact) mass is 431 g/mol. The van der Waals surface area contributed by atoms with E-state index in [1.807, 2.05) is 59.5 Å². The first-order valence-electron chi connectivity index (χ1n) is 9.23. The summed E-state index contributed by atoms with van der Waals surface area (Å²) in [6, 6.07) is 17.9. The Hall–Kier alpha value is -2.41. The topological polar surface area (TPSA) is 68.5 Å². The Morgan fingerprint density at radius 1 is 1.17 bits per heavy atom. The van der Waals surface area contributed by atoms with Crippen LogP contribution in [0, 0.1) is 0 Å². The van der Waals surface area contributed by atoms with E-state index in [9.17, 15) is 4.79 Å². The van der Waals surface area contributed by atoms with Gasteiger partial charge in [-0.3, -0.25) is 4.79 Å². The summed E-state index contributed by atoms with van der Waals surface area (Å²) in [6.07, 6.45) is 0.691. The first kappa shape index (κ1) is 22.9. The van der Waals surface area contributed by atoms with Gasteiger partial charge in [-0.05, 0) is 30.5 Å². The number of carbonyl (C=O) groups excluding carboxylic acids is 1. The molecular formula is C22H26ClN3O2S. The number of para-hydroxylation sites is 1. The maximum absolute atomic E-state index is 13.3. The smallest absolute Gasteiger partial charge is 0.273 e. The van der Waals surface area contributed by atoms with Gasteiger partial charge in [0.15, 0.2) is 0 Å². The zero-order chi connectivity index (χ0) is 19.9. The van der Waals surface area contributed by atoms with Crippen molar-refractivity contribution in [2.75, 3.05) is 7.11 Å². The molecule has 0 spiro atoms. The summed E-state index contributed by atoms with van der Waals surface area (Å²) in [5.74, 6) is 0.753. The van der Waals surface area contributed by atoms with E-state index in [1.165, 1.54) is 11.3 Å². The van der Waals surface area contributed by atoms with Crippen LogP contribution in [0.5, 0.6) is 5.75 Å². The largest absolute Gasteiger partial charge is 0.496 e. The Morgan fingerprint density at radius 3 is 2.52 bits per heavy atom. The Labute approximate surface area is 181 Å². The minimum atomic E-state index is -0.0813. The maximum Gasteiger partial charge on any atom is 0.273 e. The van der Waals surface area contributed by atoms with Gasteiger partial charge in [0.05, 0.1) is 7.11 Å². The SMILES string of the molecule is COc1ccccc1CC(C)N(Cc1ccccc1)C(=O)c1csc(CN)n1.Cl. The molecule has 2 N–H and O–H groups in total. The average molecular weight is 432 g/mol. The minimum absolute atomic E-state index is 0. The zero-order valence-electron chi connectivity index (χ0n) is 16.6. The Kier molecular flexibility index (Phi) is 8.64. The van der Waals surface area contributed by atoms with Gasteiger partial charge in [-0.2, -0.15) is 0 Å². The predicted molar refractivity (Wildman–Crippen MR) is 120 cm³/mol. The van der Waals surface area contributed by atoms with Crippen LogP contribution in [-0.2, 0) is 19.5 Å². The Morgan fingerprint density at radius 2 is 1.86 bits per heavy atom. The standard InChI is InChI=1S/C22H25N3O2S.ClH/c1-16(12-18-10-6-7-11-20(18)27-2)25(14-17-8-4-3-5-9-17)22(26)19-15-28-21(13-23)24-19;/h3-11,15-16H,12-14,23H2,1-2H3;1H. The lowest BCUT2D eigenvalue weighted by molar-refractivity contribution is 0.0669. The lowest BCUT2D eigenvalue weighted by Crippen LogP contribution is -2.39. The van der Waals surface area contributed by atoms with Crippen molar-refractivity contribution >= 4 is 29.7 Å². The Bertz CT molecular complexity index is 917. The van der Waals surface area contributed by atoms with Crippen LogP contribution in [0.25, 0.3) is 0 Å². The van der Waals surface area contributed by atoms with E-state index in [0.717, 1.165) is 21.9 Å². The molecule has 1 amide bonds. The molecular weight excluding hydrogens is 406 g/mol. The highest BCUT2D eigenvalue weighted by molar-refractivity contribution is 7.09. The molecule has 0 aliphatic heterocycles. The number of nitrogens with two attached hydrogens (primary N) is 1. The summed E-state index contributed by atoms with van der Waals surface area (Å²) in [6.45, 7) is 2.92. The number of hydrogen-bond acceptors (Lipinski definition) is 5. The van der Waals surface area contributed by atoms with Gasteiger partial charge in [0, 0.05) is 24.5 Å². The number of ether oxygens (including phenoxy) is 1. The molecule has 0 saturated carbocycles. The number of nitrogens with zero attached hydrogens (tertiary/aromatic N) is 2. The fourth-order valence-electron chi connectivity index (χ4n) is 3.16. The number of amides is 1. The molecule has 3 rings (SSSR count). The zero-order valence-corrected chi connectivity index (χ0v) is 18.2. The second-order valence-electron chi connectivity index (χ2n) is 6.61. The van der Waals surface area contributed by atoms with Crippen molar-refractivity contribution in [2.45, 2.75) is 32.5 Å². The molecule has 1 atom stereocenters. The third-order valence-corrected chi connectivity index (χ3v) is 5.51. The van der Waals surface area contributed by atoms with Crippen LogP contribution in [0.3, 0.4) is 0 Å². The molecule has 0 radical (unpaired) electrons. The number of thiazole rings is 1. The van der Waals surface area contributed by atoms with Gasteiger partial charge in [0.2, 0.25) is 0 Å². The van der Waals surface area contributed by atoms with E-state index < -0.39 is 0 Å². The fraction of sp³-hybridized carbons (Fsp3) is 0.273. The van der Waals surface area contributed by atoms with Gasteiger partial charge in [-0.15, -0.1) is 23.7 Å². The number of halogens is 1. The summed E-state index contributed by atoms with van der Waals surface area (Å²) < 4.78 is 5.48. The van der Waals surface area contributed by atoms with Crippen molar-refractivity contribution < 1.29 is 9.53 Å². The highest BCUT2D eigenvalue weighted by Crippen LogP contribution is 2.23. The van der Waals surface area contributed by atoms with Crippen molar-refractivity contribution in [3.8, 4) is 5.75 Å². The molecule has 29 heavy (non-hydrogen) atoms. The van der Waals surface area contributed by atoms with Gasteiger partial charge in [0.25, 0.3) is 5.91 Å². The molecule has 154 valence electrons. The first-order chi connectivity index (χ1) is 13.6. The van der Waals surface area contributed by atoms with Crippen molar-refractivity contribution in [3.63, 3.8) is 0 Å². The van der Waals surface area contributed by atoms with E-state index in [-0.39, 0.29) is 24.4 Å². The highest BCUT2D eigenvalue weighted by Gasteiger charge is 2.25. The number of aromatic nitrogens is 1. The lowest BCUT2D eigenvalue weighted by atomic mass is 10.0. The third-order valence-electron chi connectivity index (χ3n) is 4.64. The van der Waals surface area contributed by atoms with E-state index in [2.05, 4.69) is 11.9 Å². The van der Waals surface area contributed by atoms with E-state index >= 15 is 0 Å². The highest BCUT2D eigenvalue weighted by atomic mass is 35.5. The molecule has 7 heteroatoms. The molecule has 2 aromatic carbocycles. The average Bonchev–Trinajstić information content (AvgIpc) is 3.22. The number of rotatable bonds is 8. The second kappa shape index (κ2) is 11.0. The molecule has 3 aromatic rings. The molecule has 0 fully saturated rings. The summed E-state index contributed by atoms with van der Waals surface area (Å²) in [7, 11) is 1.67. The lowest BCUT2D eigenvalue weighted by Gasteiger charge is -2.29. The molecule has 0 aliphatic rings. The van der Waals surface area contributed by atoms with Crippen LogP contribution in [0.4, 0.5) is 0 Å². The molecule has 1 heterocycles. The normalized spacial score (nSPS) is 11.4. The molecule has 0 bridgehead atoms. The number of carbonyl (C=O) groups is 1. The number of methoxy groups -OCH3 is 1. The fourth-order valence-corrected chi connectivity index (χ4v) is 3.81. The predicted octanol–water partition coefficient (Wildman–Crippen LogP) is 4.31. The third kappa shape index (κ3) is 5.79. The van der Waals surface area contributed by atoms with Crippen LogP contribution >= 0.6 is 23.7 Å². The van der Waals surface area contributed by atoms with Gasteiger partial charge >= 0.3 is 0 Å². The molecule has 1 aromatic heterocycles. The van der Waals surface area contributed by atoms with Crippen molar-refractivity contribution in [1.29, 1.82) is 0 Å². The van der Waals surface area contributed by atoms with Crippen LogP contribution in [-0.4, -0.2) is 28.9 Å². The van der Waals surface area contributed by atoms with Gasteiger partial charge in [0.1, 0.15) is 16.5 Å². The molecule has 5 nitrogen and oxygen atoms in total. The van der Waals surface area contributed by atoms with E-state index in [1.54, 1.807) is 12.5 Å². The molecule has 0 saturated heterocycles. The molecule has 0 aliphatic carbocycles. The minimum Gasteiger partial charge on any atom is -0.496 e. The van der Waals surface area contributed by atoms with Gasteiger partial charge in [-0.1, -0.05) is 48.5 Å².